The third-order valence-electron chi connectivity index (χ3n) is 6.94. The van der Waals surface area contributed by atoms with Crippen molar-refractivity contribution in [3.8, 4) is 17.2 Å². The Kier molecular flexibility index (Phi) is 8.18. The second-order valence-electron chi connectivity index (χ2n) is 9.81. The minimum Gasteiger partial charge on any atom is -0.507 e. The standard InChI is InChI=1S/C32H28N2O8S/c1-17-6-5-7-19(14-17)16-42-22-11-8-20(9-12-22)27(36)25-26(21-10-13-23(35)24(15-21)40-3)34(30(38)28(25)37)32-33-18(2)29(43-32)31(39)41-4/h5-15,26,35-36H,16H2,1-4H3. The number of rotatable bonds is 8. The van der Waals surface area contributed by atoms with Crippen molar-refractivity contribution in [2.24, 2.45) is 0 Å². The Balaban J connectivity index is 1.56. The van der Waals surface area contributed by atoms with Gasteiger partial charge in [0.15, 0.2) is 16.6 Å². The molecule has 1 amide bonds. The highest BCUT2D eigenvalue weighted by atomic mass is 32.1. The van der Waals surface area contributed by atoms with Crippen LogP contribution in [0.25, 0.3) is 5.76 Å². The molecule has 11 heteroatoms. The minimum absolute atomic E-state index is 0.0657. The maximum absolute atomic E-state index is 13.5. The molecule has 3 aromatic carbocycles. The maximum Gasteiger partial charge on any atom is 0.350 e. The summed E-state index contributed by atoms with van der Waals surface area (Å²) in [6.45, 7) is 3.94. The number of phenols is 1. The van der Waals surface area contributed by atoms with Crippen LogP contribution in [0.15, 0.2) is 72.3 Å². The molecule has 220 valence electrons. The fourth-order valence-electron chi connectivity index (χ4n) is 4.81. The Labute approximate surface area is 251 Å². The fraction of sp³-hybridized carbons (Fsp3) is 0.188. The fourth-order valence-corrected chi connectivity index (χ4v) is 5.82. The Bertz CT molecular complexity index is 1760. The number of phenolic OH excluding ortho intramolecular Hbond substituents is 1. The van der Waals surface area contributed by atoms with Crippen LogP contribution < -0.4 is 14.4 Å². The van der Waals surface area contributed by atoms with Crippen molar-refractivity contribution in [3.63, 3.8) is 0 Å². The van der Waals surface area contributed by atoms with Gasteiger partial charge in [-0.05, 0) is 61.4 Å². The molecule has 0 spiro atoms. The second kappa shape index (κ2) is 12.0. The first-order valence-electron chi connectivity index (χ1n) is 13.1. The average molecular weight is 601 g/mol. The van der Waals surface area contributed by atoms with E-state index in [1.165, 1.54) is 32.4 Å². The van der Waals surface area contributed by atoms with Gasteiger partial charge in [0.25, 0.3) is 5.78 Å². The summed E-state index contributed by atoms with van der Waals surface area (Å²) in [5.41, 5.74) is 2.89. The predicted molar refractivity (Wildman–Crippen MR) is 160 cm³/mol. The summed E-state index contributed by atoms with van der Waals surface area (Å²) in [4.78, 5) is 45.0. The molecule has 1 aliphatic heterocycles. The van der Waals surface area contributed by atoms with Crippen LogP contribution in [0.5, 0.6) is 17.2 Å². The number of benzene rings is 3. The monoisotopic (exact) mass is 600 g/mol. The number of hydrogen-bond acceptors (Lipinski definition) is 10. The van der Waals surface area contributed by atoms with Gasteiger partial charge in [-0.3, -0.25) is 14.5 Å². The molecule has 1 saturated heterocycles. The Morgan fingerprint density at radius 2 is 1.77 bits per heavy atom. The third kappa shape index (κ3) is 5.67. The van der Waals surface area contributed by atoms with Crippen LogP contribution in [-0.2, 0) is 20.9 Å². The largest absolute Gasteiger partial charge is 0.507 e. The summed E-state index contributed by atoms with van der Waals surface area (Å²) in [7, 11) is 2.60. The number of aromatic hydroxyl groups is 1. The van der Waals surface area contributed by atoms with E-state index >= 15 is 0 Å². The number of aliphatic hydroxyl groups is 1. The molecule has 43 heavy (non-hydrogen) atoms. The van der Waals surface area contributed by atoms with E-state index in [1.54, 1.807) is 31.2 Å². The number of thiazole rings is 1. The highest BCUT2D eigenvalue weighted by Crippen LogP contribution is 2.45. The number of hydrogen-bond donors (Lipinski definition) is 2. The van der Waals surface area contributed by atoms with Crippen molar-refractivity contribution in [2.75, 3.05) is 19.1 Å². The summed E-state index contributed by atoms with van der Waals surface area (Å²) in [5, 5.41) is 21.7. The molecule has 10 nitrogen and oxygen atoms in total. The highest BCUT2D eigenvalue weighted by Gasteiger charge is 2.48. The van der Waals surface area contributed by atoms with E-state index in [-0.39, 0.29) is 32.6 Å². The molecule has 4 aromatic rings. The summed E-state index contributed by atoms with van der Waals surface area (Å²) >= 11 is 0.889. The van der Waals surface area contributed by atoms with Crippen molar-refractivity contribution in [3.05, 3.63) is 105 Å². The molecule has 0 bridgehead atoms. The van der Waals surface area contributed by atoms with Crippen LogP contribution in [0.4, 0.5) is 5.13 Å². The summed E-state index contributed by atoms with van der Waals surface area (Å²) in [6, 6.07) is 17.6. The van der Waals surface area contributed by atoms with Crippen LogP contribution in [-0.4, -0.2) is 47.1 Å². The number of Topliss-reactive ketones (excluding diaryl/α,β-unsaturated/α-hetero) is 1. The molecular formula is C32H28N2O8S. The number of esters is 1. The molecule has 1 fully saturated rings. The van der Waals surface area contributed by atoms with E-state index in [0.29, 0.717) is 23.6 Å². The molecule has 0 radical (unpaired) electrons. The maximum atomic E-state index is 13.5. The van der Waals surface area contributed by atoms with Crippen LogP contribution in [0.3, 0.4) is 0 Å². The molecule has 0 aliphatic carbocycles. The minimum atomic E-state index is -1.15. The molecule has 5 rings (SSSR count). The van der Waals surface area contributed by atoms with Crippen LogP contribution in [0.1, 0.15) is 43.7 Å². The van der Waals surface area contributed by atoms with E-state index in [9.17, 15) is 24.6 Å². The third-order valence-corrected chi connectivity index (χ3v) is 8.08. The second-order valence-corrected chi connectivity index (χ2v) is 10.8. The number of carbonyl (C=O) groups is 3. The zero-order valence-electron chi connectivity index (χ0n) is 23.8. The molecule has 2 N–H and O–H groups in total. The SMILES string of the molecule is COC(=O)c1sc(N2C(=O)C(=O)C(=C(O)c3ccc(OCc4cccc(C)c4)cc3)C2c2ccc(O)c(OC)c2)nc1C. The highest BCUT2D eigenvalue weighted by molar-refractivity contribution is 7.17. The lowest BCUT2D eigenvalue weighted by Gasteiger charge is -2.23. The smallest absolute Gasteiger partial charge is 0.350 e. The number of aromatic nitrogens is 1. The van der Waals surface area contributed by atoms with Crippen LogP contribution in [0, 0.1) is 13.8 Å². The lowest BCUT2D eigenvalue weighted by atomic mass is 9.95. The number of aryl methyl sites for hydroxylation is 2. The van der Waals surface area contributed by atoms with E-state index in [4.69, 9.17) is 14.2 Å². The van der Waals surface area contributed by atoms with Crippen molar-refractivity contribution in [1.82, 2.24) is 4.98 Å². The molecule has 1 aliphatic rings. The first-order chi connectivity index (χ1) is 20.6. The number of ether oxygens (including phenoxy) is 3. The van der Waals surface area contributed by atoms with E-state index in [0.717, 1.165) is 27.4 Å². The normalized spacial score (nSPS) is 15.9. The van der Waals surface area contributed by atoms with Crippen molar-refractivity contribution in [2.45, 2.75) is 26.5 Å². The molecular weight excluding hydrogens is 572 g/mol. The molecule has 0 saturated carbocycles. The van der Waals surface area contributed by atoms with Crippen LogP contribution >= 0.6 is 11.3 Å². The molecule has 1 atom stereocenters. The van der Waals surface area contributed by atoms with Crippen molar-refractivity contribution in [1.29, 1.82) is 0 Å². The zero-order valence-corrected chi connectivity index (χ0v) is 24.6. The number of methoxy groups -OCH3 is 2. The van der Waals surface area contributed by atoms with Gasteiger partial charge in [0.05, 0.1) is 31.5 Å². The van der Waals surface area contributed by atoms with Gasteiger partial charge in [-0.25, -0.2) is 9.78 Å². The van der Waals surface area contributed by atoms with E-state index in [1.807, 2.05) is 31.2 Å². The summed E-state index contributed by atoms with van der Waals surface area (Å²) in [6.07, 6.45) is 0. The lowest BCUT2D eigenvalue weighted by molar-refractivity contribution is -0.132. The van der Waals surface area contributed by atoms with Gasteiger partial charge in [-0.1, -0.05) is 47.2 Å². The summed E-state index contributed by atoms with van der Waals surface area (Å²) < 4.78 is 16.0. The first-order valence-corrected chi connectivity index (χ1v) is 14.0. The first kappa shape index (κ1) is 29.3. The molecule has 1 unspecified atom stereocenters. The number of aliphatic hydroxyl groups excluding tert-OH is 1. The molecule has 1 aromatic heterocycles. The van der Waals surface area contributed by atoms with Gasteiger partial charge in [0, 0.05) is 5.56 Å². The van der Waals surface area contributed by atoms with Crippen LogP contribution in [0.2, 0.25) is 0 Å². The lowest BCUT2D eigenvalue weighted by Crippen LogP contribution is -2.29. The number of anilines is 1. The van der Waals surface area contributed by atoms with Gasteiger partial charge in [0.2, 0.25) is 0 Å². The van der Waals surface area contributed by atoms with Gasteiger partial charge < -0.3 is 24.4 Å². The quantitative estimate of drug-likeness (QED) is 0.117. The number of carbonyl (C=O) groups excluding carboxylic acids is 3. The van der Waals surface area contributed by atoms with Gasteiger partial charge in [-0.15, -0.1) is 0 Å². The predicted octanol–water partition coefficient (Wildman–Crippen LogP) is 5.47. The topological polar surface area (TPSA) is 135 Å². The van der Waals surface area contributed by atoms with Crippen molar-refractivity contribution < 1.29 is 38.8 Å². The Morgan fingerprint density at radius 3 is 2.44 bits per heavy atom. The average Bonchev–Trinajstić information content (AvgIpc) is 3.52. The number of amides is 1. The van der Waals surface area contributed by atoms with Gasteiger partial charge in [0.1, 0.15) is 23.0 Å². The van der Waals surface area contributed by atoms with Gasteiger partial charge >= 0.3 is 11.9 Å². The zero-order chi connectivity index (χ0) is 30.8. The molecule has 2 heterocycles. The number of nitrogens with zero attached hydrogens (tertiary/aromatic N) is 2. The van der Waals surface area contributed by atoms with Crippen molar-refractivity contribution >= 4 is 39.9 Å². The summed E-state index contributed by atoms with van der Waals surface area (Å²) in [5.74, 6) is -2.43. The van der Waals surface area contributed by atoms with E-state index in [2.05, 4.69) is 4.98 Å². The van der Waals surface area contributed by atoms with Gasteiger partial charge in [-0.2, -0.15) is 0 Å². The number of ketones is 1. The Hall–Kier alpha value is -5.16. The Morgan fingerprint density at radius 1 is 1.02 bits per heavy atom. The van der Waals surface area contributed by atoms with E-state index < -0.39 is 29.5 Å².